The maximum absolute atomic E-state index is 5.96. The van der Waals surface area contributed by atoms with Gasteiger partial charge in [0.25, 0.3) is 0 Å². The first-order valence-electron chi connectivity index (χ1n) is 7.77. The van der Waals surface area contributed by atoms with Crippen LogP contribution in [-0.4, -0.2) is 30.8 Å². The molecule has 1 aliphatic heterocycles. The summed E-state index contributed by atoms with van der Waals surface area (Å²) in [4.78, 5) is 4.31. The molecule has 0 aromatic carbocycles. The van der Waals surface area contributed by atoms with E-state index in [1.807, 2.05) is 13.1 Å². The quantitative estimate of drug-likeness (QED) is 0.832. The van der Waals surface area contributed by atoms with Gasteiger partial charge in [0, 0.05) is 12.8 Å². The molecule has 1 saturated heterocycles. The van der Waals surface area contributed by atoms with E-state index in [0.29, 0.717) is 6.61 Å². The lowest BCUT2D eigenvalue weighted by Gasteiger charge is -2.31. The topological polar surface area (TPSA) is 43.4 Å². The molecule has 20 heavy (non-hydrogen) atoms. The third kappa shape index (κ3) is 4.18. The molecule has 1 N–H and O–H groups in total. The van der Waals surface area contributed by atoms with Crippen molar-refractivity contribution < 1.29 is 9.47 Å². The number of nitrogens with zero attached hydrogens (tertiary/aromatic N) is 1. The Kier molecular flexibility index (Phi) is 6.27. The minimum absolute atomic E-state index is 0.211. The minimum Gasteiger partial charge on any atom is -0.492 e. The molecule has 0 aliphatic carbocycles. The average Bonchev–Trinajstić information content (AvgIpc) is 2.50. The molecule has 4 heteroatoms. The first-order valence-corrected chi connectivity index (χ1v) is 7.77. The zero-order valence-electron chi connectivity index (χ0n) is 12.6. The molecule has 2 unspecified atom stereocenters. The van der Waals surface area contributed by atoms with Gasteiger partial charge in [-0.15, -0.1) is 0 Å². The summed E-state index contributed by atoms with van der Waals surface area (Å²) >= 11 is 0. The van der Waals surface area contributed by atoms with Gasteiger partial charge in [-0.25, -0.2) is 0 Å². The molecular formula is C16H26N2O2. The van der Waals surface area contributed by atoms with Gasteiger partial charge in [0.05, 0.1) is 24.9 Å². The van der Waals surface area contributed by atoms with Crippen molar-refractivity contribution in [2.24, 2.45) is 0 Å². The molecule has 2 atom stereocenters. The van der Waals surface area contributed by atoms with Crippen LogP contribution in [-0.2, 0) is 4.74 Å². The normalized spacial score (nSPS) is 20.6. The van der Waals surface area contributed by atoms with Crippen LogP contribution in [0.1, 0.15) is 51.1 Å². The second-order valence-corrected chi connectivity index (χ2v) is 5.22. The lowest BCUT2D eigenvalue weighted by Crippen LogP contribution is -2.36. The fourth-order valence-electron chi connectivity index (χ4n) is 2.64. The standard InChI is InChI=1S/C16H26N2O2/c1-3-8-18-16(15-7-5-6-9-20-15)13-10-14(19-4-2)12-17-11-13/h10-12,15-16,18H,3-9H2,1-2H3. The Hall–Kier alpha value is -1.13. The van der Waals surface area contributed by atoms with Gasteiger partial charge in [0.2, 0.25) is 0 Å². The molecule has 1 aromatic rings. The number of hydrogen-bond acceptors (Lipinski definition) is 4. The molecule has 4 nitrogen and oxygen atoms in total. The summed E-state index contributed by atoms with van der Waals surface area (Å²) in [6.45, 7) is 6.69. The molecule has 2 rings (SSSR count). The lowest BCUT2D eigenvalue weighted by atomic mass is 9.96. The summed E-state index contributed by atoms with van der Waals surface area (Å²) in [7, 11) is 0. The van der Waals surface area contributed by atoms with Gasteiger partial charge in [0.1, 0.15) is 5.75 Å². The van der Waals surface area contributed by atoms with E-state index in [1.54, 1.807) is 6.20 Å². The molecule has 0 radical (unpaired) electrons. The van der Waals surface area contributed by atoms with Crippen molar-refractivity contribution in [2.45, 2.75) is 51.7 Å². The number of pyridine rings is 1. The van der Waals surface area contributed by atoms with Crippen molar-refractivity contribution in [3.8, 4) is 5.75 Å². The van der Waals surface area contributed by atoms with Crippen molar-refractivity contribution >= 4 is 0 Å². The van der Waals surface area contributed by atoms with E-state index in [-0.39, 0.29) is 12.1 Å². The van der Waals surface area contributed by atoms with Gasteiger partial charge >= 0.3 is 0 Å². The summed E-state index contributed by atoms with van der Waals surface area (Å²) in [5.41, 5.74) is 1.16. The third-order valence-electron chi connectivity index (χ3n) is 3.61. The fraction of sp³-hybridized carbons (Fsp3) is 0.688. The number of nitrogens with one attached hydrogen (secondary N) is 1. The smallest absolute Gasteiger partial charge is 0.137 e. The Morgan fingerprint density at radius 3 is 3.00 bits per heavy atom. The van der Waals surface area contributed by atoms with Crippen LogP contribution in [0, 0.1) is 0 Å². The SMILES string of the molecule is CCCNC(c1cncc(OCC)c1)C1CCCCO1. The van der Waals surface area contributed by atoms with E-state index in [1.165, 1.54) is 12.8 Å². The highest BCUT2D eigenvalue weighted by Gasteiger charge is 2.26. The van der Waals surface area contributed by atoms with E-state index in [2.05, 4.69) is 23.3 Å². The highest BCUT2D eigenvalue weighted by Crippen LogP contribution is 2.28. The maximum Gasteiger partial charge on any atom is 0.137 e. The average molecular weight is 278 g/mol. The second-order valence-electron chi connectivity index (χ2n) is 5.22. The van der Waals surface area contributed by atoms with Crippen LogP contribution in [0.25, 0.3) is 0 Å². The molecule has 112 valence electrons. The predicted molar refractivity (Wildman–Crippen MR) is 80.0 cm³/mol. The van der Waals surface area contributed by atoms with Crippen LogP contribution in [0.2, 0.25) is 0 Å². The zero-order chi connectivity index (χ0) is 14.2. The van der Waals surface area contributed by atoms with Gasteiger partial charge in [0.15, 0.2) is 0 Å². The van der Waals surface area contributed by atoms with E-state index < -0.39 is 0 Å². The molecule has 1 aliphatic rings. The number of ether oxygens (including phenoxy) is 2. The first kappa shape index (κ1) is 15.3. The van der Waals surface area contributed by atoms with Crippen LogP contribution in [0.4, 0.5) is 0 Å². The Balaban J connectivity index is 2.13. The fourth-order valence-corrected chi connectivity index (χ4v) is 2.64. The van der Waals surface area contributed by atoms with Crippen LogP contribution in [0.5, 0.6) is 5.75 Å². The molecule has 0 saturated carbocycles. The summed E-state index contributed by atoms with van der Waals surface area (Å²) in [6, 6.07) is 2.30. The van der Waals surface area contributed by atoms with Crippen molar-refractivity contribution in [3.05, 3.63) is 24.0 Å². The third-order valence-corrected chi connectivity index (χ3v) is 3.61. The summed E-state index contributed by atoms with van der Waals surface area (Å²) in [6.07, 6.45) is 8.58. The van der Waals surface area contributed by atoms with Gasteiger partial charge in [-0.1, -0.05) is 6.92 Å². The Labute approximate surface area is 121 Å². The van der Waals surface area contributed by atoms with Crippen LogP contribution < -0.4 is 10.1 Å². The van der Waals surface area contributed by atoms with E-state index in [0.717, 1.165) is 37.3 Å². The largest absolute Gasteiger partial charge is 0.492 e. The van der Waals surface area contributed by atoms with Crippen molar-refractivity contribution in [2.75, 3.05) is 19.8 Å². The summed E-state index contributed by atoms with van der Waals surface area (Å²) in [5, 5.41) is 3.60. The van der Waals surface area contributed by atoms with Gasteiger partial charge in [-0.05, 0) is 50.8 Å². The summed E-state index contributed by atoms with van der Waals surface area (Å²) < 4.78 is 11.5. The maximum atomic E-state index is 5.96. The second kappa shape index (κ2) is 8.22. The van der Waals surface area contributed by atoms with E-state index in [4.69, 9.17) is 9.47 Å². The van der Waals surface area contributed by atoms with Crippen molar-refractivity contribution in [3.63, 3.8) is 0 Å². The Morgan fingerprint density at radius 1 is 1.40 bits per heavy atom. The highest BCUT2D eigenvalue weighted by molar-refractivity contribution is 5.27. The van der Waals surface area contributed by atoms with Crippen molar-refractivity contribution in [1.29, 1.82) is 0 Å². The Morgan fingerprint density at radius 2 is 2.30 bits per heavy atom. The molecule has 2 heterocycles. The number of rotatable bonds is 7. The first-order chi connectivity index (χ1) is 9.85. The van der Waals surface area contributed by atoms with E-state index >= 15 is 0 Å². The van der Waals surface area contributed by atoms with Gasteiger partial charge < -0.3 is 14.8 Å². The number of aromatic nitrogens is 1. The lowest BCUT2D eigenvalue weighted by molar-refractivity contribution is -0.00825. The minimum atomic E-state index is 0.211. The molecule has 1 fully saturated rings. The molecule has 0 amide bonds. The molecule has 0 spiro atoms. The predicted octanol–water partition coefficient (Wildman–Crippen LogP) is 3.09. The van der Waals surface area contributed by atoms with Crippen LogP contribution >= 0.6 is 0 Å². The highest BCUT2D eigenvalue weighted by atomic mass is 16.5. The van der Waals surface area contributed by atoms with Crippen LogP contribution in [0.3, 0.4) is 0 Å². The van der Waals surface area contributed by atoms with E-state index in [9.17, 15) is 0 Å². The number of hydrogen-bond donors (Lipinski definition) is 1. The van der Waals surface area contributed by atoms with Crippen LogP contribution in [0.15, 0.2) is 18.5 Å². The Bertz CT molecular complexity index is 392. The zero-order valence-corrected chi connectivity index (χ0v) is 12.6. The van der Waals surface area contributed by atoms with Crippen molar-refractivity contribution in [1.82, 2.24) is 10.3 Å². The monoisotopic (exact) mass is 278 g/mol. The molecular weight excluding hydrogens is 252 g/mol. The molecule has 1 aromatic heterocycles. The molecule has 0 bridgehead atoms. The summed E-state index contributed by atoms with van der Waals surface area (Å²) in [5.74, 6) is 0.837. The van der Waals surface area contributed by atoms with Gasteiger partial charge in [-0.3, -0.25) is 4.98 Å². The van der Waals surface area contributed by atoms with Gasteiger partial charge in [-0.2, -0.15) is 0 Å².